The van der Waals surface area contributed by atoms with Gasteiger partial charge in [0.15, 0.2) is 0 Å². The fourth-order valence-electron chi connectivity index (χ4n) is 2.22. The molecule has 2 unspecified atom stereocenters. The summed E-state index contributed by atoms with van der Waals surface area (Å²) in [4.78, 5) is 13.7. The van der Waals surface area contributed by atoms with Gasteiger partial charge in [-0.25, -0.2) is 4.79 Å². The Labute approximate surface area is 97.6 Å². The predicted molar refractivity (Wildman–Crippen MR) is 62.2 cm³/mol. The third-order valence-corrected chi connectivity index (χ3v) is 2.78. The van der Waals surface area contributed by atoms with Crippen LogP contribution in [0.4, 0.5) is 4.79 Å². The summed E-state index contributed by atoms with van der Waals surface area (Å²) in [6, 6.07) is 0.0715. The predicted octanol–water partition coefficient (Wildman–Crippen LogP) is 2.16. The van der Waals surface area contributed by atoms with Gasteiger partial charge in [-0.1, -0.05) is 0 Å². The van der Waals surface area contributed by atoms with E-state index in [1.807, 2.05) is 34.6 Å². The van der Waals surface area contributed by atoms with Crippen molar-refractivity contribution in [3.8, 4) is 0 Å². The monoisotopic (exact) mass is 229 g/mol. The van der Waals surface area contributed by atoms with E-state index in [9.17, 15) is 9.90 Å². The molecule has 4 nitrogen and oxygen atoms in total. The zero-order chi connectivity index (χ0) is 12.5. The molecule has 1 saturated heterocycles. The first-order chi connectivity index (χ1) is 7.20. The molecule has 0 saturated carbocycles. The summed E-state index contributed by atoms with van der Waals surface area (Å²) in [5.41, 5.74) is -0.466. The summed E-state index contributed by atoms with van der Waals surface area (Å²) < 4.78 is 5.36. The lowest BCUT2D eigenvalue weighted by atomic mass is 9.95. The first kappa shape index (κ1) is 13.3. The Balaban J connectivity index is 2.67. The maximum atomic E-state index is 12.0. The zero-order valence-electron chi connectivity index (χ0n) is 10.9. The fraction of sp³-hybridized carbons (Fsp3) is 0.917. The van der Waals surface area contributed by atoms with Crippen molar-refractivity contribution in [1.29, 1.82) is 0 Å². The molecule has 94 valence electrons. The van der Waals surface area contributed by atoms with Crippen molar-refractivity contribution in [1.82, 2.24) is 4.90 Å². The molecule has 16 heavy (non-hydrogen) atoms. The summed E-state index contributed by atoms with van der Waals surface area (Å²) in [5, 5.41) is 9.60. The molecule has 0 spiro atoms. The standard InChI is InChI=1S/C12H23NO3/c1-8-6-10(14)7-9(2)13(8)11(15)16-12(3,4)5/h8-10,14H,6-7H2,1-5H3. The van der Waals surface area contributed by atoms with Crippen molar-refractivity contribution < 1.29 is 14.6 Å². The highest BCUT2D eigenvalue weighted by atomic mass is 16.6. The molecule has 0 aromatic rings. The van der Waals surface area contributed by atoms with E-state index >= 15 is 0 Å². The number of aliphatic hydroxyl groups excluding tert-OH is 1. The molecule has 1 N–H and O–H groups in total. The Morgan fingerprint density at radius 2 is 1.69 bits per heavy atom. The highest BCUT2D eigenvalue weighted by Gasteiger charge is 2.35. The third kappa shape index (κ3) is 3.37. The van der Waals surface area contributed by atoms with E-state index in [1.54, 1.807) is 4.90 Å². The molecule has 0 aromatic heterocycles. The van der Waals surface area contributed by atoms with E-state index in [1.165, 1.54) is 0 Å². The lowest BCUT2D eigenvalue weighted by Gasteiger charge is -2.41. The molecular formula is C12H23NO3. The van der Waals surface area contributed by atoms with Crippen LogP contribution in [0.5, 0.6) is 0 Å². The number of carbonyl (C=O) groups is 1. The van der Waals surface area contributed by atoms with Gasteiger partial charge in [-0.15, -0.1) is 0 Å². The van der Waals surface area contributed by atoms with Crippen LogP contribution in [0, 0.1) is 0 Å². The lowest BCUT2D eigenvalue weighted by molar-refractivity contribution is -0.0223. The number of piperidine rings is 1. The van der Waals surface area contributed by atoms with Gasteiger partial charge in [-0.3, -0.25) is 0 Å². The molecule has 0 bridgehead atoms. The van der Waals surface area contributed by atoms with Crippen LogP contribution in [0.3, 0.4) is 0 Å². The van der Waals surface area contributed by atoms with Crippen LogP contribution >= 0.6 is 0 Å². The number of amides is 1. The third-order valence-electron chi connectivity index (χ3n) is 2.78. The van der Waals surface area contributed by atoms with Crippen LogP contribution in [0.1, 0.15) is 47.5 Å². The van der Waals surface area contributed by atoms with E-state index in [0.717, 1.165) is 0 Å². The molecular weight excluding hydrogens is 206 g/mol. The van der Waals surface area contributed by atoms with E-state index in [2.05, 4.69) is 0 Å². The molecule has 1 aliphatic rings. The maximum absolute atomic E-state index is 12.0. The van der Waals surface area contributed by atoms with Crippen molar-refractivity contribution in [2.75, 3.05) is 0 Å². The minimum atomic E-state index is -0.466. The Kier molecular flexibility index (Phi) is 3.84. The SMILES string of the molecule is CC1CC(O)CC(C)N1C(=O)OC(C)(C)C. The Morgan fingerprint density at radius 1 is 1.25 bits per heavy atom. The van der Waals surface area contributed by atoms with Crippen LogP contribution in [0.2, 0.25) is 0 Å². The second kappa shape index (κ2) is 4.62. The molecule has 0 aliphatic carbocycles. The van der Waals surface area contributed by atoms with Crippen molar-refractivity contribution in [2.45, 2.75) is 71.2 Å². The van der Waals surface area contributed by atoms with Gasteiger partial charge in [-0.05, 0) is 47.5 Å². The van der Waals surface area contributed by atoms with Crippen LogP contribution in [-0.4, -0.2) is 39.9 Å². The number of rotatable bonds is 0. The summed E-state index contributed by atoms with van der Waals surface area (Å²) in [6.07, 6.45) is 0.677. The number of likely N-dealkylation sites (tertiary alicyclic amines) is 1. The first-order valence-electron chi connectivity index (χ1n) is 5.90. The van der Waals surface area contributed by atoms with Crippen molar-refractivity contribution in [3.05, 3.63) is 0 Å². The molecule has 0 aromatic carbocycles. The van der Waals surface area contributed by atoms with Crippen LogP contribution in [-0.2, 0) is 4.74 Å². The molecule has 1 fully saturated rings. The summed E-state index contributed by atoms with van der Waals surface area (Å²) >= 11 is 0. The Bertz CT molecular complexity index is 247. The van der Waals surface area contributed by atoms with Crippen molar-refractivity contribution in [3.63, 3.8) is 0 Å². The molecule has 0 radical (unpaired) electrons. The van der Waals surface area contributed by atoms with Gasteiger partial charge in [0, 0.05) is 12.1 Å². The zero-order valence-corrected chi connectivity index (χ0v) is 10.9. The molecule has 1 heterocycles. The summed E-state index contributed by atoms with van der Waals surface area (Å²) in [6.45, 7) is 9.47. The fourth-order valence-corrected chi connectivity index (χ4v) is 2.22. The van der Waals surface area contributed by atoms with E-state index < -0.39 is 5.60 Å². The van der Waals surface area contributed by atoms with Gasteiger partial charge in [0.1, 0.15) is 5.60 Å². The minimum absolute atomic E-state index is 0.0357. The quantitative estimate of drug-likeness (QED) is 0.692. The minimum Gasteiger partial charge on any atom is -0.444 e. The number of carbonyl (C=O) groups excluding carboxylic acids is 1. The average Bonchev–Trinajstić information content (AvgIpc) is 1.96. The highest BCUT2D eigenvalue weighted by Crippen LogP contribution is 2.25. The van der Waals surface area contributed by atoms with Gasteiger partial charge >= 0.3 is 6.09 Å². The maximum Gasteiger partial charge on any atom is 0.410 e. The van der Waals surface area contributed by atoms with Gasteiger partial charge < -0.3 is 14.7 Å². The van der Waals surface area contributed by atoms with Gasteiger partial charge in [0.2, 0.25) is 0 Å². The number of ether oxygens (including phenoxy) is 1. The lowest BCUT2D eigenvalue weighted by Crippen LogP contribution is -2.52. The normalized spacial score (nSPS) is 31.4. The van der Waals surface area contributed by atoms with Crippen LogP contribution in [0.25, 0.3) is 0 Å². The number of aliphatic hydroxyl groups is 1. The van der Waals surface area contributed by atoms with Crippen LogP contribution < -0.4 is 0 Å². The number of hydrogen-bond acceptors (Lipinski definition) is 3. The van der Waals surface area contributed by atoms with E-state index in [4.69, 9.17) is 4.74 Å². The number of nitrogens with zero attached hydrogens (tertiary/aromatic N) is 1. The topological polar surface area (TPSA) is 49.8 Å². The van der Waals surface area contributed by atoms with Crippen molar-refractivity contribution in [2.24, 2.45) is 0 Å². The summed E-state index contributed by atoms with van der Waals surface area (Å²) in [5.74, 6) is 0. The average molecular weight is 229 g/mol. The van der Waals surface area contributed by atoms with Gasteiger partial charge in [0.05, 0.1) is 6.10 Å². The highest BCUT2D eigenvalue weighted by molar-refractivity contribution is 5.69. The Morgan fingerprint density at radius 3 is 2.06 bits per heavy atom. The van der Waals surface area contributed by atoms with E-state index in [0.29, 0.717) is 12.8 Å². The molecule has 2 atom stereocenters. The second-order valence-corrected chi connectivity index (χ2v) is 5.71. The second-order valence-electron chi connectivity index (χ2n) is 5.71. The van der Waals surface area contributed by atoms with Gasteiger partial charge in [0.25, 0.3) is 0 Å². The van der Waals surface area contributed by atoms with E-state index in [-0.39, 0.29) is 24.3 Å². The molecule has 1 rings (SSSR count). The smallest absolute Gasteiger partial charge is 0.410 e. The number of hydrogen-bond donors (Lipinski definition) is 1. The largest absolute Gasteiger partial charge is 0.444 e. The molecule has 1 amide bonds. The van der Waals surface area contributed by atoms with Gasteiger partial charge in [-0.2, -0.15) is 0 Å². The Hall–Kier alpha value is -0.770. The summed E-state index contributed by atoms with van der Waals surface area (Å²) in [7, 11) is 0. The molecule has 1 aliphatic heterocycles. The van der Waals surface area contributed by atoms with Crippen LogP contribution in [0.15, 0.2) is 0 Å². The molecule has 4 heteroatoms. The first-order valence-corrected chi connectivity index (χ1v) is 5.90. The van der Waals surface area contributed by atoms with Crippen molar-refractivity contribution >= 4 is 6.09 Å².